The van der Waals surface area contributed by atoms with Crippen LogP contribution in [0.15, 0.2) is 73.1 Å². The van der Waals surface area contributed by atoms with E-state index in [9.17, 15) is 9.18 Å². The van der Waals surface area contributed by atoms with Crippen molar-refractivity contribution in [3.63, 3.8) is 0 Å². The lowest BCUT2D eigenvalue weighted by Crippen LogP contribution is -2.15. The van der Waals surface area contributed by atoms with Gasteiger partial charge in [0.1, 0.15) is 18.0 Å². The summed E-state index contributed by atoms with van der Waals surface area (Å²) in [6.45, 7) is 1.99. The zero-order valence-corrected chi connectivity index (χ0v) is 15.8. The van der Waals surface area contributed by atoms with Crippen LogP contribution >= 0.6 is 0 Å². The molecule has 4 rings (SSSR count). The van der Waals surface area contributed by atoms with Crippen molar-refractivity contribution in [2.75, 3.05) is 10.6 Å². The first-order valence-corrected chi connectivity index (χ1v) is 9.20. The Balaban J connectivity index is 1.57. The third-order valence-corrected chi connectivity index (χ3v) is 4.64. The maximum Gasteiger partial charge on any atom is 0.228 e. The first kappa shape index (κ1) is 18.6. The Bertz CT molecular complexity index is 1180. The smallest absolute Gasteiger partial charge is 0.228 e. The lowest BCUT2D eigenvalue weighted by molar-refractivity contribution is -0.115. The van der Waals surface area contributed by atoms with Crippen molar-refractivity contribution in [3.8, 4) is 0 Å². The molecule has 6 heteroatoms. The Morgan fingerprint density at radius 2 is 1.72 bits per heavy atom. The predicted octanol–water partition coefficient (Wildman–Crippen LogP) is 5.00. The van der Waals surface area contributed by atoms with Crippen LogP contribution in [0.4, 0.5) is 21.6 Å². The van der Waals surface area contributed by atoms with Crippen LogP contribution in [0.25, 0.3) is 10.9 Å². The van der Waals surface area contributed by atoms with Crippen molar-refractivity contribution in [1.82, 2.24) is 9.97 Å². The number of aryl methyl sites for hydroxylation is 1. The maximum absolute atomic E-state index is 13.1. The number of carbonyl (C=O) groups excluding carboxylic acids is 1. The molecule has 0 saturated heterocycles. The fraction of sp³-hybridized carbons (Fsp3) is 0.0870. The van der Waals surface area contributed by atoms with Gasteiger partial charge in [0.25, 0.3) is 0 Å². The van der Waals surface area contributed by atoms with Crippen LogP contribution in [-0.2, 0) is 11.2 Å². The van der Waals surface area contributed by atoms with E-state index in [0.29, 0.717) is 23.6 Å². The Labute approximate surface area is 167 Å². The Morgan fingerprint density at radius 3 is 2.52 bits per heavy atom. The summed E-state index contributed by atoms with van der Waals surface area (Å²) in [6.07, 6.45) is 1.77. The average Bonchev–Trinajstić information content (AvgIpc) is 2.72. The maximum atomic E-state index is 13.1. The summed E-state index contributed by atoms with van der Waals surface area (Å²) >= 11 is 0. The van der Waals surface area contributed by atoms with Gasteiger partial charge in [-0.25, -0.2) is 14.4 Å². The Morgan fingerprint density at radius 1 is 0.966 bits per heavy atom. The minimum atomic E-state index is -0.304. The number of rotatable bonds is 5. The van der Waals surface area contributed by atoms with E-state index in [0.717, 1.165) is 22.0 Å². The SMILES string of the molecule is Cc1ccccc1CC(=O)Nc1ccc2ncnc(Nc3ccc(F)cc3)c2c1. The number of halogens is 1. The normalized spacial score (nSPS) is 10.7. The predicted molar refractivity (Wildman–Crippen MR) is 113 cm³/mol. The van der Waals surface area contributed by atoms with E-state index in [-0.39, 0.29) is 11.7 Å². The monoisotopic (exact) mass is 386 g/mol. The van der Waals surface area contributed by atoms with Crippen LogP contribution in [0.1, 0.15) is 11.1 Å². The summed E-state index contributed by atoms with van der Waals surface area (Å²) in [7, 11) is 0. The molecular weight excluding hydrogens is 367 g/mol. The minimum Gasteiger partial charge on any atom is -0.340 e. The van der Waals surface area contributed by atoms with Crippen molar-refractivity contribution >= 4 is 34.0 Å². The van der Waals surface area contributed by atoms with E-state index in [2.05, 4.69) is 20.6 Å². The van der Waals surface area contributed by atoms with Gasteiger partial charge in [-0.1, -0.05) is 24.3 Å². The van der Waals surface area contributed by atoms with Gasteiger partial charge in [-0.2, -0.15) is 0 Å². The van der Waals surface area contributed by atoms with Crippen molar-refractivity contribution in [2.45, 2.75) is 13.3 Å². The second-order valence-corrected chi connectivity index (χ2v) is 6.74. The van der Waals surface area contributed by atoms with Gasteiger partial charge >= 0.3 is 0 Å². The summed E-state index contributed by atoms with van der Waals surface area (Å²) in [5.74, 6) is 0.182. The van der Waals surface area contributed by atoms with Crippen LogP contribution < -0.4 is 10.6 Å². The molecule has 0 bridgehead atoms. The van der Waals surface area contributed by atoms with Crippen molar-refractivity contribution in [1.29, 1.82) is 0 Å². The standard InChI is InChI=1S/C23H19FN4O/c1-15-4-2-3-5-16(15)12-22(29)27-19-10-11-21-20(13-19)23(26-14-25-21)28-18-8-6-17(24)7-9-18/h2-11,13-14H,12H2,1H3,(H,27,29)(H,25,26,28). The average molecular weight is 386 g/mol. The molecule has 0 unspecified atom stereocenters. The minimum absolute atomic E-state index is 0.0939. The van der Waals surface area contributed by atoms with Gasteiger partial charge in [-0.15, -0.1) is 0 Å². The number of hydrogen-bond donors (Lipinski definition) is 2. The molecule has 1 amide bonds. The molecule has 2 N–H and O–H groups in total. The molecule has 0 aliphatic carbocycles. The van der Waals surface area contributed by atoms with Gasteiger partial charge in [0, 0.05) is 16.8 Å². The third-order valence-electron chi connectivity index (χ3n) is 4.64. The van der Waals surface area contributed by atoms with Crippen LogP contribution in [-0.4, -0.2) is 15.9 Å². The summed E-state index contributed by atoms with van der Waals surface area (Å²) in [5.41, 5.74) is 4.18. The number of anilines is 3. The van der Waals surface area contributed by atoms with E-state index in [1.54, 1.807) is 12.1 Å². The van der Waals surface area contributed by atoms with Crippen LogP contribution in [0, 0.1) is 12.7 Å². The topological polar surface area (TPSA) is 66.9 Å². The van der Waals surface area contributed by atoms with Gasteiger partial charge < -0.3 is 10.6 Å². The van der Waals surface area contributed by atoms with Crippen molar-refractivity contribution < 1.29 is 9.18 Å². The fourth-order valence-corrected chi connectivity index (χ4v) is 3.09. The molecule has 0 saturated carbocycles. The van der Waals surface area contributed by atoms with E-state index < -0.39 is 0 Å². The quantitative estimate of drug-likeness (QED) is 0.506. The lowest BCUT2D eigenvalue weighted by atomic mass is 10.1. The van der Waals surface area contributed by atoms with Crippen LogP contribution in [0.5, 0.6) is 0 Å². The number of nitrogens with one attached hydrogen (secondary N) is 2. The summed E-state index contributed by atoms with van der Waals surface area (Å²) in [6, 6.07) is 19.3. The molecule has 144 valence electrons. The molecule has 4 aromatic rings. The summed E-state index contributed by atoms with van der Waals surface area (Å²) < 4.78 is 13.1. The molecule has 5 nitrogen and oxygen atoms in total. The van der Waals surface area contributed by atoms with Gasteiger partial charge in [-0.05, 0) is 60.5 Å². The second kappa shape index (κ2) is 8.06. The molecule has 1 aromatic heterocycles. The first-order chi connectivity index (χ1) is 14.1. The van der Waals surface area contributed by atoms with Gasteiger partial charge in [-0.3, -0.25) is 4.79 Å². The number of benzene rings is 3. The molecule has 0 radical (unpaired) electrons. The number of aromatic nitrogens is 2. The number of carbonyl (C=O) groups is 1. The Hall–Kier alpha value is -3.80. The zero-order chi connectivity index (χ0) is 20.2. The van der Waals surface area contributed by atoms with Crippen molar-refractivity contribution in [2.24, 2.45) is 0 Å². The Kier molecular flexibility index (Phi) is 5.16. The number of amides is 1. The van der Waals surface area contributed by atoms with Gasteiger partial charge in [0.15, 0.2) is 0 Å². The number of fused-ring (bicyclic) bond motifs is 1. The zero-order valence-electron chi connectivity index (χ0n) is 15.8. The molecule has 0 spiro atoms. The molecule has 0 atom stereocenters. The highest BCUT2D eigenvalue weighted by molar-refractivity contribution is 5.98. The molecule has 1 heterocycles. The molecule has 0 aliphatic rings. The molecule has 29 heavy (non-hydrogen) atoms. The lowest BCUT2D eigenvalue weighted by Gasteiger charge is -2.11. The molecular formula is C23H19FN4O. The largest absolute Gasteiger partial charge is 0.340 e. The van der Waals surface area contributed by atoms with Crippen LogP contribution in [0.3, 0.4) is 0 Å². The van der Waals surface area contributed by atoms with Crippen LogP contribution in [0.2, 0.25) is 0 Å². The van der Waals surface area contributed by atoms with Crippen molar-refractivity contribution in [3.05, 3.63) is 90.0 Å². The molecule has 0 aliphatic heterocycles. The second-order valence-electron chi connectivity index (χ2n) is 6.74. The third kappa shape index (κ3) is 4.38. The van der Waals surface area contributed by atoms with E-state index in [4.69, 9.17) is 0 Å². The van der Waals surface area contributed by atoms with E-state index in [1.807, 2.05) is 49.4 Å². The highest BCUT2D eigenvalue weighted by Crippen LogP contribution is 2.26. The van der Waals surface area contributed by atoms with E-state index >= 15 is 0 Å². The first-order valence-electron chi connectivity index (χ1n) is 9.20. The molecule has 3 aromatic carbocycles. The fourth-order valence-electron chi connectivity index (χ4n) is 3.09. The highest BCUT2D eigenvalue weighted by Gasteiger charge is 2.09. The molecule has 0 fully saturated rings. The number of hydrogen-bond acceptors (Lipinski definition) is 4. The highest BCUT2D eigenvalue weighted by atomic mass is 19.1. The van der Waals surface area contributed by atoms with Gasteiger partial charge in [0.05, 0.1) is 11.9 Å². The summed E-state index contributed by atoms with van der Waals surface area (Å²) in [5, 5.41) is 6.86. The number of nitrogens with zero attached hydrogens (tertiary/aromatic N) is 2. The summed E-state index contributed by atoms with van der Waals surface area (Å²) in [4.78, 5) is 21.1. The van der Waals surface area contributed by atoms with Gasteiger partial charge in [0.2, 0.25) is 5.91 Å². The van der Waals surface area contributed by atoms with E-state index in [1.165, 1.54) is 18.5 Å².